The third-order valence-corrected chi connectivity index (χ3v) is 5.59. The van der Waals surface area contributed by atoms with Gasteiger partial charge in [0.05, 0.1) is 18.1 Å². The first-order valence-electron chi connectivity index (χ1n) is 7.93. The second-order valence-electron chi connectivity index (χ2n) is 5.78. The van der Waals surface area contributed by atoms with E-state index < -0.39 is 9.84 Å². The van der Waals surface area contributed by atoms with Gasteiger partial charge in [-0.05, 0) is 24.5 Å². The molecular formula is C17H22N2O4S. The van der Waals surface area contributed by atoms with Crippen molar-refractivity contribution in [3.63, 3.8) is 0 Å². The summed E-state index contributed by atoms with van der Waals surface area (Å²) in [7, 11) is -3.04. The Morgan fingerprint density at radius 3 is 2.54 bits per heavy atom. The highest BCUT2D eigenvalue weighted by Gasteiger charge is 2.28. The Bertz CT molecular complexity index is 726. The van der Waals surface area contributed by atoms with Crippen LogP contribution < -0.4 is 10.6 Å². The Kier molecular flexibility index (Phi) is 6.14. The van der Waals surface area contributed by atoms with Gasteiger partial charge in [-0.15, -0.1) is 0 Å². The van der Waals surface area contributed by atoms with E-state index in [1.54, 1.807) is 6.08 Å². The molecule has 0 aromatic heterocycles. The minimum absolute atomic E-state index is 0.0270. The van der Waals surface area contributed by atoms with Crippen molar-refractivity contribution >= 4 is 27.7 Å². The van der Waals surface area contributed by atoms with Gasteiger partial charge in [0.2, 0.25) is 11.8 Å². The second-order valence-corrected chi connectivity index (χ2v) is 8.01. The molecule has 1 aliphatic heterocycles. The molecule has 1 saturated heterocycles. The smallest absolute Gasteiger partial charge is 0.247 e. The number of amides is 2. The zero-order valence-corrected chi connectivity index (χ0v) is 14.4. The van der Waals surface area contributed by atoms with Crippen LogP contribution in [0.4, 0.5) is 0 Å². The number of carbonyl (C=O) groups excluding carboxylic acids is 2. The Morgan fingerprint density at radius 2 is 1.96 bits per heavy atom. The monoisotopic (exact) mass is 350 g/mol. The van der Waals surface area contributed by atoms with Crippen molar-refractivity contribution in [1.29, 1.82) is 0 Å². The number of benzene rings is 1. The molecule has 0 saturated carbocycles. The third-order valence-electron chi connectivity index (χ3n) is 3.82. The lowest BCUT2D eigenvalue weighted by molar-refractivity contribution is -0.124. The van der Waals surface area contributed by atoms with Crippen molar-refractivity contribution in [2.24, 2.45) is 0 Å². The highest BCUT2D eigenvalue weighted by atomic mass is 32.2. The van der Waals surface area contributed by atoms with E-state index in [2.05, 4.69) is 10.6 Å². The molecule has 2 N–H and O–H groups in total. The van der Waals surface area contributed by atoms with Crippen LogP contribution in [-0.4, -0.2) is 44.3 Å². The number of sulfone groups is 1. The number of hydrogen-bond acceptors (Lipinski definition) is 4. The first-order valence-corrected chi connectivity index (χ1v) is 9.75. The molecular weight excluding hydrogens is 328 g/mol. The fraction of sp³-hybridized carbons (Fsp3) is 0.412. The minimum atomic E-state index is -3.04. The predicted molar refractivity (Wildman–Crippen MR) is 92.9 cm³/mol. The third kappa shape index (κ3) is 5.49. The van der Waals surface area contributed by atoms with Gasteiger partial charge in [-0.2, -0.15) is 0 Å². The molecule has 1 aromatic carbocycles. The summed E-state index contributed by atoms with van der Waals surface area (Å²) in [5, 5.41) is 5.22. The molecule has 130 valence electrons. The van der Waals surface area contributed by atoms with Crippen LogP contribution >= 0.6 is 0 Å². The summed E-state index contributed by atoms with van der Waals surface area (Å²) < 4.78 is 22.7. The van der Waals surface area contributed by atoms with Gasteiger partial charge in [0.15, 0.2) is 9.84 Å². The molecule has 0 spiro atoms. The van der Waals surface area contributed by atoms with Gasteiger partial charge in [-0.25, -0.2) is 8.42 Å². The average molecular weight is 350 g/mol. The first-order chi connectivity index (χ1) is 11.4. The molecule has 0 aliphatic carbocycles. The van der Waals surface area contributed by atoms with Gasteiger partial charge in [0.25, 0.3) is 0 Å². The van der Waals surface area contributed by atoms with Crippen molar-refractivity contribution in [3.8, 4) is 0 Å². The van der Waals surface area contributed by atoms with Gasteiger partial charge >= 0.3 is 0 Å². The van der Waals surface area contributed by atoms with Crippen LogP contribution in [-0.2, 0) is 19.4 Å². The normalized spacial score (nSPS) is 19.7. The number of nitrogens with one attached hydrogen (secondary N) is 2. The zero-order chi connectivity index (χ0) is 17.6. The van der Waals surface area contributed by atoms with Crippen molar-refractivity contribution in [1.82, 2.24) is 10.6 Å². The molecule has 24 heavy (non-hydrogen) atoms. The van der Waals surface area contributed by atoms with Crippen molar-refractivity contribution in [3.05, 3.63) is 41.5 Å². The van der Waals surface area contributed by atoms with E-state index >= 15 is 0 Å². The number of carbonyl (C=O) groups is 2. The van der Waals surface area contributed by atoms with E-state index in [0.29, 0.717) is 18.4 Å². The van der Waals surface area contributed by atoms with E-state index in [0.717, 1.165) is 5.56 Å². The van der Waals surface area contributed by atoms with Crippen LogP contribution in [0.15, 0.2) is 35.9 Å². The van der Waals surface area contributed by atoms with Gasteiger partial charge in [0.1, 0.15) is 0 Å². The van der Waals surface area contributed by atoms with Gasteiger partial charge in [0, 0.05) is 11.6 Å². The van der Waals surface area contributed by atoms with Gasteiger partial charge < -0.3 is 10.6 Å². The van der Waals surface area contributed by atoms with Crippen LogP contribution in [0.2, 0.25) is 0 Å². The Labute approximate surface area is 142 Å². The minimum Gasteiger partial charge on any atom is -0.351 e. The fourth-order valence-electron chi connectivity index (χ4n) is 2.54. The van der Waals surface area contributed by atoms with Crippen LogP contribution in [0.25, 0.3) is 6.08 Å². The van der Waals surface area contributed by atoms with Crippen LogP contribution in [0.3, 0.4) is 0 Å². The van der Waals surface area contributed by atoms with E-state index in [4.69, 9.17) is 0 Å². The van der Waals surface area contributed by atoms with E-state index in [-0.39, 0.29) is 35.9 Å². The van der Waals surface area contributed by atoms with Gasteiger partial charge in [-0.3, -0.25) is 9.59 Å². The average Bonchev–Trinajstić information content (AvgIpc) is 2.90. The largest absolute Gasteiger partial charge is 0.351 e. The molecule has 2 rings (SSSR count). The Balaban J connectivity index is 1.85. The molecule has 2 amide bonds. The molecule has 1 aliphatic rings. The lowest BCUT2D eigenvalue weighted by atomic mass is 10.1. The maximum Gasteiger partial charge on any atom is 0.247 e. The quantitative estimate of drug-likeness (QED) is 0.746. The summed E-state index contributed by atoms with van der Waals surface area (Å²) in [6.07, 6.45) is 2.76. The highest BCUT2D eigenvalue weighted by Crippen LogP contribution is 2.11. The molecule has 1 heterocycles. The maximum absolute atomic E-state index is 12.2. The molecule has 1 atom stereocenters. The number of rotatable bonds is 6. The van der Waals surface area contributed by atoms with Crippen molar-refractivity contribution in [2.45, 2.75) is 25.8 Å². The summed E-state index contributed by atoms with van der Waals surface area (Å²) in [5.74, 6) is -0.596. The predicted octanol–water partition coefficient (Wildman–Crippen LogP) is 0.899. The SMILES string of the molecule is CC/C(=C\c1ccccc1)C(=O)NCC(=O)NC1CCS(=O)(=O)C1. The zero-order valence-electron chi connectivity index (χ0n) is 13.6. The van der Waals surface area contributed by atoms with E-state index in [1.165, 1.54) is 0 Å². The standard InChI is InChI=1S/C17H22N2O4S/c1-2-14(10-13-6-4-3-5-7-13)17(21)18-11-16(20)19-15-8-9-24(22,23)12-15/h3-7,10,15H,2,8-9,11-12H2,1H3,(H,18,21)(H,19,20)/b14-10+. The summed E-state index contributed by atoms with van der Waals surface area (Å²) in [6, 6.07) is 9.12. The van der Waals surface area contributed by atoms with E-state index in [1.807, 2.05) is 37.3 Å². The molecule has 7 heteroatoms. The maximum atomic E-state index is 12.2. The number of hydrogen-bond donors (Lipinski definition) is 2. The summed E-state index contributed by atoms with van der Waals surface area (Å²) in [4.78, 5) is 24.0. The highest BCUT2D eigenvalue weighted by molar-refractivity contribution is 7.91. The van der Waals surface area contributed by atoms with Crippen molar-refractivity contribution in [2.75, 3.05) is 18.1 Å². The Morgan fingerprint density at radius 1 is 1.25 bits per heavy atom. The first kappa shape index (κ1) is 18.2. The topological polar surface area (TPSA) is 92.3 Å². The fourth-order valence-corrected chi connectivity index (χ4v) is 4.21. The molecule has 6 nitrogen and oxygen atoms in total. The second kappa shape index (κ2) is 8.10. The van der Waals surface area contributed by atoms with Crippen molar-refractivity contribution < 1.29 is 18.0 Å². The van der Waals surface area contributed by atoms with Crippen LogP contribution in [0.5, 0.6) is 0 Å². The lowest BCUT2D eigenvalue weighted by Gasteiger charge is -2.12. The molecule has 0 bridgehead atoms. The summed E-state index contributed by atoms with van der Waals surface area (Å²) in [5.41, 5.74) is 1.50. The molecule has 1 aromatic rings. The Hall–Kier alpha value is -2.15. The molecule has 1 fully saturated rings. The lowest BCUT2D eigenvalue weighted by Crippen LogP contribution is -2.42. The molecule has 0 radical (unpaired) electrons. The van der Waals surface area contributed by atoms with Crippen LogP contribution in [0, 0.1) is 0 Å². The van der Waals surface area contributed by atoms with Gasteiger partial charge in [-0.1, -0.05) is 37.3 Å². The summed E-state index contributed by atoms with van der Waals surface area (Å²) in [6.45, 7) is 1.71. The summed E-state index contributed by atoms with van der Waals surface area (Å²) >= 11 is 0. The molecule has 1 unspecified atom stereocenters. The van der Waals surface area contributed by atoms with Crippen LogP contribution in [0.1, 0.15) is 25.3 Å². The van der Waals surface area contributed by atoms with E-state index in [9.17, 15) is 18.0 Å².